The highest BCUT2D eigenvalue weighted by Gasteiger charge is 2.46. The van der Waals surface area contributed by atoms with Crippen molar-refractivity contribution >= 4 is 29.0 Å². The van der Waals surface area contributed by atoms with Gasteiger partial charge >= 0.3 is 5.97 Å². The smallest absolute Gasteiger partial charge is 0.309 e. The summed E-state index contributed by atoms with van der Waals surface area (Å²) in [7, 11) is 1.42. The Morgan fingerprint density at radius 2 is 2.03 bits per heavy atom. The van der Waals surface area contributed by atoms with Crippen LogP contribution >= 0.6 is 12.2 Å². The van der Waals surface area contributed by atoms with Gasteiger partial charge in [-0.2, -0.15) is 0 Å². The number of carbonyl (C=O) groups is 1. The molecule has 3 heterocycles. The van der Waals surface area contributed by atoms with E-state index in [0.717, 1.165) is 34.9 Å². The Morgan fingerprint density at radius 1 is 1.19 bits per heavy atom. The first kappa shape index (κ1) is 21.0. The van der Waals surface area contributed by atoms with Crippen LogP contribution in [0.5, 0.6) is 0 Å². The van der Waals surface area contributed by atoms with Crippen LogP contribution in [0.25, 0.3) is 0 Å². The Bertz CT molecular complexity index is 868. The van der Waals surface area contributed by atoms with Crippen molar-refractivity contribution in [3.8, 4) is 0 Å². The molecular formula is C25H33N3O2S. The largest absolute Gasteiger partial charge is 0.469 e. The fourth-order valence-corrected chi connectivity index (χ4v) is 6.66. The lowest BCUT2D eigenvalue weighted by atomic mass is 9.68. The third kappa shape index (κ3) is 4.24. The van der Waals surface area contributed by atoms with Gasteiger partial charge < -0.3 is 15.0 Å². The fourth-order valence-electron chi connectivity index (χ4n) is 6.34. The molecule has 0 saturated carbocycles. The van der Waals surface area contributed by atoms with E-state index in [1.54, 1.807) is 5.57 Å². The Morgan fingerprint density at radius 3 is 2.84 bits per heavy atom. The van der Waals surface area contributed by atoms with Crippen molar-refractivity contribution in [2.24, 2.45) is 11.8 Å². The van der Waals surface area contributed by atoms with Crippen LogP contribution in [-0.4, -0.2) is 59.7 Å². The second kappa shape index (κ2) is 8.91. The van der Waals surface area contributed by atoms with E-state index in [9.17, 15) is 4.79 Å². The summed E-state index contributed by atoms with van der Waals surface area (Å²) in [4.78, 5) is 16.7. The number of nitrogens with one attached hydrogen (secondary N) is 1. The Kier molecular flexibility index (Phi) is 6.02. The van der Waals surface area contributed by atoms with E-state index < -0.39 is 0 Å². The second-order valence-electron chi connectivity index (χ2n) is 9.58. The third-order valence-electron chi connectivity index (χ3n) is 7.70. The molecule has 5 nitrogen and oxygen atoms in total. The monoisotopic (exact) mass is 439 g/mol. The molecule has 0 unspecified atom stereocenters. The molecule has 4 atom stereocenters. The van der Waals surface area contributed by atoms with Crippen molar-refractivity contribution in [3.05, 3.63) is 41.5 Å². The summed E-state index contributed by atoms with van der Waals surface area (Å²) in [5.41, 5.74) is 3.56. The molecule has 31 heavy (non-hydrogen) atoms. The maximum atomic E-state index is 11.5. The Labute approximate surface area is 190 Å². The van der Waals surface area contributed by atoms with E-state index in [2.05, 4.69) is 21.2 Å². The minimum Gasteiger partial charge on any atom is -0.469 e. The van der Waals surface area contributed by atoms with Gasteiger partial charge in [0.15, 0.2) is 5.11 Å². The first-order valence-corrected chi connectivity index (χ1v) is 12.2. The van der Waals surface area contributed by atoms with Gasteiger partial charge in [0, 0.05) is 24.8 Å². The predicted octanol–water partition coefficient (Wildman–Crippen LogP) is 3.99. The summed E-state index contributed by atoms with van der Waals surface area (Å²) in [5, 5.41) is 4.30. The van der Waals surface area contributed by atoms with Crippen LogP contribution in [0.2, 0.25) is 0 Å². The summed E-state index contributed by atoms with van der Waals surface area (Å²) < 4.78 is 4.75. The van der Waals surface area contributed by atoms with Crippen molar-refractivity contribution in [2.45, 2.75) is 57.0 Å². The zero-order valence-corrected chi connectivity index (χ0v) is 19.2. The molecule has 0 aromatic heterocycles. The maximum absolute atomic E-state index is 11.5. The van der Waals surface area contributed by atoms with Crippen LogP contribution in [0.1, 0.15) is 44.1 Å². The van der Waals surface area contributed by atoms with E-state index in [4.69, 9.17) is 17.0 Å². The highest BCUT2D eigenvalue weighted by atomic mass is 32.1. The van der Waals surface area contributed by atoms with Gasteiger partial charge in [-0.25, -0.2) is 0 Å². The molecule has 5 rings (SSSR count). The van der Waals surface area contributed by atoms with Crippen LogP contribution < -0.4 is 5.32 Å². The molecule has 2 bridgehead atoms. The molecule has 1 N–H and O–H groups in total. The number of esters is 1. The first-order chi connectivity index (χ1) is 15.1. The molecule has 3 aliphatic heterocycles. The quantitative estimate of drug-likeness (QED) is 0.436. The molecule has 1 aliphatic carbocycles. The van der Waals surface area contributed by atoms with E-state index in [1.165, 1.54) is 58.7 Å². The van der Waals surface area contributed by atoms with Crippen LogP contribution in [-0.2, 0) is 16.0 Å². The number of rotatable bonds is 3. The minimum absolute atomic E-state index is 0.220. The maximum Gasteiger partial charge on any atom is 0.309 e. The lowest BCUT2D eigenvalue weighted by Crippen LogP contribution is -2.60. The summed E-state index contributed by atoms with van der Waals surface area (Å²) in [6, 6.07) is 9.16. The van der Waals surface area contributed by atoms with E-state index in [1.807, 2.05) is 24.3 Å². The number of carbonyl (C=O) groups excluding carboxylic acids is 1. The van der Waals surface area contributed by atoms with E-state index in [0.29, 0.717) is 18.4 Å². The number of benzene rings is 1. The molecule has 166 valence electrons. The van der Waals surface area contributed by atoms with Gasteiger partial charge in [0.2, 0.25) is 0 Å². The van der Waals surface area contributed by atoms with Gasteiger partial charge in [-0.15, -0.1) is 0 Å². The number of hydrogen-bond donors (Lipinski definition) is 1. The summed E-state index contributed by atoms with van der Waals surface area (Å²) in [6.07, 6.45) is 10.8. The Balaban J connectivity index is 1.29. The summed E-state index contributed by atoms with van der Waals surface area (Å²) in [5.74, 6) is 1.21. The van der Waals surface area contributed by atoms with Crippen LogP contribution in [0, 0.1) is 11.8 Å². The molecule has 0 spiro atoms. The highest BCUT2D eigenvalue weighted by molar-refractivity contribution is 7.80. The predicted molar refractivity (Wildman–Crippen MR) is 127 cm³/mol. The molecule has 0 radical (unpaired) electrons. The lowest BCUT2D eigenvalue weighted by Gasteiger charge is -2.55. The van der Waals surface area contributed by atoms with Crippen LogP contribution in [0.15, 0.2) is 35.9 Å². The van der Waals surface area contributed by atoms with Crippen LogP contribution in [0.3, 0.4) is 0 Å². The van der Waals surface area contributed by atoms with Crippen LogP contribution in [0.4, 0.5) is 5.69 Å². The topological polar surface area (TPSA) is 44.8 Å². The number of anilines is 1. The average molecular weight is 440 g/mol. The molecule has 1 aromatic carbocycles. The molecule has 4 aliphatic rings. The lowest BCUT2D eigenvalue weighted by molar-refractivity contribution is -0.139. The van der Waals surface area contributed by atoms with Gasteiger partial charge in [-0.1, -0.05) is 30.2 Å². The van der Waals surface area contributed by atoms with E-state index in [-0.39, 0.29) is 5.97 Å². The van der Waals surface area contributed by atoms with Crippen molar-refractivity contribution in [1.82, 2.24) is 9.80 Å². The van der Waals surface area contributed by atoms with Gasteiger partial charge in [0.25, 0.3) is 0 Å². The Hall–Kier alpha value is -1.92. The number of piperidine rings is 3. The highest BCUT2D eigenvalue weighted by Crippen LogP contribution is 2.45. The van der Waals surface area contributed by atoms with Gasteiger partial charge in [-0.05, 0) is 80.4 Å². The number of nitrogens with zero attached hydrogens (tertiary/aromatic N) is 2. The van der Waals surface area contributed by atoms with Gasteiger partial charge in [0.05, 0.1) is 19.6 Å². The standard InChI is InChI=1S/C25H33N3O2S/c1-30-23(29)13-17-7-9-21(10-8-17)26-25(31)28-12-4-5-18-14-19-15-20(24(18)28)16-27-11-3-2-6-22(19)27/h7-10,14,19-20,22,24H,2-6,11-13,15-16H2,1H3,(H,26,31)/t19-,20+,22+,24+/m0/s1. The van der Waals surface area contributed by atoms with Crippen molar-refractivity contribution in [2.75, 3.05) is 32.1 Å². The molecule has 6 heteroatoms. The van der Waals surface area contributed by atoms with Crippen molar-refractivity contribution in [3.63, 3.8) is 0 Å². The van der Waals surface area contributed by atoms with E-state index >= 15 is 0 Å². The zero-order valence-electron chi connectivity index (χ0n) is 18.4. The number of fused-ring (bicyclic) bond motifs is 6. The summed E-state index contributed by atoms with van der Waals surface area (Å²) in [6.45, 7) is 3.53. The van der Waals surface area contributed by atoms with Crippen molar-refractivity contribution < 1.29 is 9.53 Å². The molecule has 0 amide bonds. The number of ether oxygens (including phenoxy) is 1. The normalized spacial score (nSPS) is 30.0. The van der Waals surface area contributed by atoms with Crippen molar-refractivity contribution in [1.29, 1.82) is 0 Å². The SMILES string of the molecule is COC(=O)Cc1ccc(NC(=S)N2CCCC3=C[C@H]4C[C@H](CN5CCCC[C@H]45)[C@@H]32)cc1. The summed E-state index contributed by atoms with van der Waals surface area (Å²) >= 11 is 5.91. The van der Waals surface area contributed by atoms with Gasteiger partial charge in [0.1, 0.15) is 0 Å². The number of hydrogen-bond acceptors (Lipinski definition) is 4. The van der Waals surface area contributed by atoms with Gasteiger partial charge in [-0.3, -0.25) is 9.69 Å². The average Bonchev–Trinajstić information content (AvgIpc) is 2.80. The number of likely N-dealkylation sites (tertiary alicyclic amines) is 1. The molecular weight excluding hydrogens is 406 g/mol. The molecule has 1 aromatic rings. The number of thiocarbonyl (C=S) groups is 1. The third-order valence-corrected chi connectivity index (χ3v) is 8.04. The number of methoxy groups -OCH3 is 1. The second-order valence-corrected chi connectivity index (χ2v) is 9.97. The molecule has 3 fully saturated rings. The minimum atomic E-state index is -0.220. The molecule has 3 saturated heterocycles. The first-order valence-electron chi connectivity index (χ1n) is 11.8. The fraction of sp³-hybridized carbons (Fsp3) is 0.600. The zero-order chi connectivity index (χ0) is 21.4.